The van der Waals surface area contributed by atoms with Gasteiger partial charge in [-0.1, -0.05) is 0 Å². The van der Waals surface area contributed by atoms with Crippen LogP contribution in [0, 0.1) is 0 Å². The second kappa shape index (κ2) is 9.79. The summed E-state index contributed by atoms with van der Waals surface area (Å²) in [6.45, 7) is 0. The molecule has 0 saturated heterocycles. The summed E-state index contributed by atoms with van der Waals surface area (Å²) in [6, 6.07) is 0. The monoisotopic (exact) mass is 309 g/mol. The third kappa shape index (κ3) is 45.8. The molecule has 0 atom stereocenters. The molecule has 0 aliphatic carbocycles. The molecule has 2 N–H and O–H groups in total. The van der Waals surface area contributed by atoms with Crippen molar-refractivity contribution >= 4 is 34.3 Å². The zero-order chi connectivity index (χ0) is 3.58. The molecule has 0 saturated carbocycles. The number of hydrogen-bond acceptors (Lipinski definition) is 1. The average molecular weight is 310 g/mol. The minimum atomic E-state index is -3.29. The van der Waals surface area contributed by atoms with Crippen molar-refractivity contribution in [1.82, 2.24) is 0 Å². The topological polar surface area (TPSA) is 57.5 Å². The van der Waals surface area contributed by atoms with Gasteiger partial charge in [-0.3, -0.25) is 0 Å². The Labute approximate surface area is 68.4 Å². The molecule has 0 amide bonds. The van der Waals surface area contributed by atoms with E-state index in [1.54, 1.807) is 0 Å². The summed E-state index contributed by atoms with van der Waals surface area (Å²) in [5, 5.41) is 0. The van der Waals surface area contributed by atoms with Crippen molar-refractivity contribution in [2.75, 3.05) is 0 Å². The van der Waals surface area contributed by atoms with Gasteiger partial charge in [-0.25, -0.2) is 0 Å². The Bertz CT molecular complexity index is 33.8. The molecule has 0 aliphatic heterocycles. The van der Waals surface area contributed by atoms with Crippen LogP contribution >= 0.6 is 0 Å². The fraction of sp³-hybridized carbons (Fsp3) is 0. The first-order valence-corrected chi connectivity index (χ1v) is 2.76. The first-order valence-electron chi connectivity index (χ1n) is 0.532. The molecular weight excluding hydrogens is 305 g/mol. The molecule has 0 aliphatic rings. The van der Waals surface area contributed by atoms with Crippen molar-refractivity contribution in [1.29, 1.82) is 0 Å². The van der Waals surface area contributed by atoms with Gasteiger partial charge in [0.2, 0.25) is 0 Å². The minimum absolute atomic E-state index is 0. The third-order valence-corrected chi connectivity index (χ3v) is 0. The quantitative estimate of drug-likeness (QED) is 0.475. The Balaban J connectivity index is -0.0000000450. The Hall–Kier alpha value is 1.62. The molecule has 6 heteroatoms. The summed E-state index contributed by atoms with van der Waals surface area (Å²) in [4.78, 5) is 0. The van der Waals surface area contributed by atoms with Crippen LogP contribution < -0.4 is 0 Å². The zero-order valence-electron chi connectivity index (χ0n) is 2.01. The van der Waals surface area contributed by atoms with Gasteiger partial charge in [-0.05, 0) is 0 Å². The van der Waals surface area contributed by atoms with Crippen LogP contribution in [0.4, 0.5) is 0 Å². The second-order valence-electron chi connectivity index (χ2n) is 0.231. The van der Waals surface area contributed by atoms with Crippen LogP contribution in [0.5, 0.6) is 0 Å². The Morgan fingerprint density at radius 3 is 1.33 bits per heavy atom. The standard InChI is InChI=1S/Ag.Ga.H2O3Se.3H/c;;1-4(2)3;;;/h;;(H2,1,2,3);;;. The Morgan fingerprint density at radius 2 is 1.33 bits per heavy atom. The molecule has 0 rings (SSSR count). The van der Waals surface area contributed by atoms with Crippen molar-refractivity contribution in [3.8, 4) is 0 Å². The number of rotatable bonds is 0. The van der Waals surface area contributed by atoms with E-state index in [-0.39, 0.29) is 42.2 Å². The van der Waals surface area contributed by atoms with Gasteiger partial charge in [0, 0.05) is 22.4 Å². The maximum atomic E-state index is 8.76. The van der Waals surface area contributed by atoms with Gasteiger partial charge >= 0.3 is 46.5 Å². The van der Waals surface area contributed by atoms with Crippen molar-refractivity contribution < 1.29 is 34.6 Å². The Morgan fingerprint density at radius 1 is 1.33 bits per heavy atom. The van der Waals surface area contributed by atoms with E-state index >= 15 is 0 Å². The van der Waals surface area contributed by atoms with Gasteiger partial charge in [-0.2, -0.15) is 0 Å². The van der Waals surface area contributed by atoms with Crippen LogP contribution in [0.3, 0.4) is 0 Å². The van der Waals surface area contributed by atoms with E-state index < -0.39 is 14.5 Å². The van der Waals surface area contributed by atoms with E-state index in [4.69, 9.17) is 12.2 Å². The van der Waals surface area contributed by atoms with Gasteiger partial charge in [0.05, 0.1) is 0 Å². The third-order valence-electron chi connectivity index (χ3n) is 0. The molecule has 6 heavy (non-hydrogen) atoms. The van der Waals surface area contributed by atoms with E-state index in [0.717, 1.165) is 0 Å². The van der Waals surface area contributed by atoms with Crippen molar-refractivity contribution in [2.45, 2.75) is 0 Å². The van der Waals surface area contributed by atoms with Crippen molar-refractivity contribution in [2.24, 2.45) is 0 Å². The van der Waals surface area contributed by atoms with Crippen LogP contribution in [0.1, 0.15) is 0 Å². The predicted octanol–water partition coefficient (Wildman–Crippen LogP) is -2.80. The summed E-state index contributed by atoms with van der Waals surface area (Å²) in [5.41, 5.74) is 0. The fourth-order valence-electron chi connectivity index (χ4n) is 0. The molecular formula is H5AgGaO3Se. The van der Waals surface area contributed by atoms with Gasteiger partial charge in [0.25, 0.3) is 0 Å². The van der Waals surface area contributed by atoms with Crippen molar-refractivity contribution in [3.63, 3.8) is 0 Å². The summed E-state index contributed by atoms with van der Waals surface area (Å²) in [6.07, 6.45) is 0. The van der Waals surface area contributed by atoms with Gasteiger partial charge in [-0.15, -0.1) is 0 Å². The first kappa shape index (κ1) is 15.6. The van der Waals surface area contributed by atoms with Crippen LogP contribution in [-0.4, -0.2) is 42.7 Å². The molecule has 0 aromatic carbocycles. The van der Waals surface area contributed by atoms with E-state index in [9.17, 15) is 0 Å². The SMILES string of the molecule is O=[Se](O)O.[Ag].[GaH3]. The molecule has 43 valence electrons. The van der Waals surface area contributed by atoms with Gasteiger partial charge < -0.3 is 0 Å². The van der Waals surface area contributed by atoms with Crippen LogP contribution in [-0.2, 0) is 26.2 Å². The van der Waals surface area contributed by atoms with Gasteiger partial charge in [0.1, 0.15) is 0 Å². The Kier molecular flexibility index (Phi) is 25.5. The van der Waals surface area contributed by atoms with Crippen LogP contribution in [0.25, 0.3) is 0 Å². The maximum absolute atomic E-state index is 8.76. The van der Waals surface area contributed by atoms with E-state index in [1.807, 2.05) is 0 Å². The fourth-order valence-corrected chi connectivity index (χ4v) is 0. The molecule has 3 nitrogen and oxygen atoms in total. The summed E-state index contributed by atoms with van der Waals surface area (Å²) in [7, 11) is 0. The molecule has 0 aromatic rings. The predicted molar refractivity (Wildman–Crippen MR) is 20.8 cm³/mol. The molecule has 0 spiro atoms. The molecule has 1 radical (unpaired) electrons. The first-order chi connectivity index (χ1) is 1.73. The normalized spacial score (nSPS) is 5.83. The summed E-state index contributed by atoms with van der Waals surface area (Å²) in [5.74, 6) is 0. The summed E-state index contributed by atoms with van der Waals surface area (Å²) < 4.78 is 23.1. The molecule has 0 unspecified atom stereocenters. The molecule has 0 aromatic heterocycles. The van der Waals surface area contributed by atoms with E-state index in [1.165, 1.54) is 0 Å². The summed E-state index contributed by atoms with van der Waals surface area (Å²) >= 11 is -3.29. The van der Waals surface area contributed by atoms with Crippen LogP contribution in [0.2, 0.25) is 0 Å². The molecule has 0 heterocycles. The average Bonchev–Trinajstić information content (AvgIpc) is 0.811. The second-order valence-corrected chi connectivity index (χ2v) is 1.20. The molecule has 0 bridgehead atoms. The number of hydrogen-bond donors (Lipinski definition) is 2. The van der Waals surface area contributed by atoms with E-state index in [0.29, 0.717) is 0 Å². The van der Waals surface area contributed by atoms with Crippen LogP contribution in [0.15, 0.2) is 0 Å². The zero-order valence-corrected chi connectivity index (χ0v) is 5.21. The molecule has 0 fully saturated rings. The van der Waals surface area contributed by atoms with Crippen molar-refractivity contribution in [3.05, 3.63) is 0 Å². The van der Waals surface area contributed by atoms with Gasteiger partial charge in [0.15, 0.2) is 0 Å². The van der Waals surface area contributed by atoms with E-state index in [2.05, 4.69) is 0 Å².